The Morgan fingerprint density at radius 3 is 2.50 bits per heavy atom. The van der Waals surface area contributed by atoms with Crippen LogP contribution in [0.2, 0.25) is 0 Å². The van der Waals surface area contributed by atoms with Crippen LogP contribution in [0.5, 0.6) is 11.5 Å². The summed E-state index contributed by atoms with van der Waals surface area (Å²) < 4.78 is 10.7. The molecular weight excluding hydrogens is 306 g/mol. The Balaban J connectivity index is 2.05. The maximum atomic E-state index is 5.48. The molecule has 0 amide bonds. The van der Waals surface area contributed by atoms with Crippen LogP contribution in [0.1, 0.15) is 0 Å². The van der Waals surface area contributed by atoms with Crippen LogP contribution >= 0.6 is 0 Å². The van der Waals surface area contributed by atoms with Crippen molar-refractivity contribution in [3.05, 3.63) is 36.8 Å². The van der Waals surface area contributed by atoms with Crippen molar-refractivity contribution in [2.75, 3.05) is 32.6 Å². The number of nitrogens with one attached hydrogen (secondary N) is 1. The Bertz CT molecular complexity index is 836. The fraction of sp³-hybridized carbons (Fsp3) is 0.235. The van der Waals surface area contributed by atoms with Gasteiger partial charge < -0.3 is 20.5 Å². The van der Waals surface area contributed by atoms with Crippen LogP contribution in [-0.2, 0) is 0 Å². The van der Waals surface area contributed by atoms with E-state index in [1.165, 1.54) is 6.33 Å². The Hall–Kier alpha value is -2.93. The Morgan fingerprint density at radius 2 is 1.83 bits per heavy atom. The average molecular weight is 325 g/mol. The van der Waals surface area contributed by atoms with Crippen molar-refractivity contribution >= 4 is 16.7 Å². The third-order valence-electron chi connectivity index (χ3n) is 3.63. The van der Waals surface area contributed by atoms with Gasteiger partial charge >= 0.3 is 0 Å². The maximum Gasteiger partial charge on any atom is 0.162 e. The lowest BCUT2D eigenvalue weighted by Crippen LogP contribution is -2.13. The van der Waals surface area contributed by atoms with Crippen LogP contribution < -0.4 is 20.5 Å². The highest BCUT2D eigenvalue weighted by molar-refractivity contribution is 5.94. The molecule has 7 nitrogen and oxygen atoms in total. The molecule has 0 unspecified atom stereocenters. The topological polar surface area (TPSA) is 95.2 Å². The van der Waals surface area contributed by atoms with Crippen LogP contribution in [0.15, 0.2) is 36.8 Å². The van der Waals surface area contributed by atoms with Crippen LogP contribution in [0.25, 0.3) is 22.2 Å². The van der Waals surface area contributed by atoms with Crippen LogP contribution in [0, 0.1) is 0 Å². The number of benzene rings is 1. The summed E-state index contributed by atoms with van der Waals surface area (Å²) in [6.07, 6.45) is 3.31. The molecule has 3 aromatic rings. The first-order chi connectivity index (χ1) is 11.8. The smallest absolute Gasteiger partial charge is 0.162 e. The standard InChI is InChI=1S/C17H19N5O2/c1-23-14-7-12-13(8-15(14)24-2)21-10-22-17(12)11-3-4-16(20-9-11)19-6-5-18/h3-4,7-10H,5-6,18H2,1-2H3,(H,19,20). The number of anilines is 1. The van der Waals surface area contributed by atoms with E-state index in [9.17, 15) is 0 Å². The molecular formula is C17H19N5O2. The van der Waals surface area contributed by atoms with Crippen molar-refractivity contribution in [1.29, 1.82) is 0 Å². The number of fused-ring (bicyclic) bond motifs is 1. The van der Waals surface area contributed by atoms with E-state index in [-0.39, 0.29) is 0 Å². The lowest BCUT2D eigenvalue weighted by atomic mass is 10.1. The molecule has 0 radical (unpaired) electrons. The first-order valence-electron chi connectivity index (χ1n) is 7.54. The molecule has 24 heavy (non-hydrogen) atoms. The molecule has 1 aromatic carbocycles. The van der Waals surface area contributed by atoms with E-state index in [2.05, 4.69) is 20.3 Å². The number of nitrogens with two attached hydrogens (primary N) is 1. The molecule has 0 aliphatic carbocycles. The number of hydrogen-bond donors (Lipinski definition) is 2. The number of methoxy groups -OCH3 is 2. The number of rotatable bonds is 6. The minimum absolute atomic E-state index is 0.557. The highest BCUT2D eigenvalue weighted by Crippen LogP contribution is 2.34. The highest BCUT2D eigenvalue weighted by Gasteiger charge is 2.12. The quantitative estimate of drug-likeness (QED) is 0.716. The van der Waals surface area contributed by atoms with Crippen LogP contribution in [-0.4, -0.2) is 42.3 Å². The predicted octanol–water partition coefficient (Wildman–Crippen LogP) is 2.08. The van der Waals surface area contributed by atoms with Gasteiger partial charge in [-0.3, -0.25) is 0 Å². The molecule has 0 fully saturated rings. The molecule has 0 spiro atoms. The number of hydrogen-bond acceptors (Lipinski definition) is 7. The predicted molar refractivity (Wildman–Crippen MR) is 93.4 cm³/mol. The van der Waals surface area contributed by atoms with Gasteiger partial charge in [0.25, 0.3) is 0 Å². The van der Waals surface area contributed by atoms with Gasteiger partial charge in [0, 0.05) is 36.3 Å². The molecule has 0 saturated heterocycles. The lowest BCUT2D eigenvalue weighted by molar-refractivity contribution is 0.356. The highest BCUT2D eigenvalue weighted by atomic mass is 16.5. The number of pyridine rings is 1. The third kappa shape index (κ3) is 3.07. The second kappa shape index (κ2) is 7.10. The van der Waals surface area contributed by atoms with Gasteiger partial charge in [-0.25, -0.2) is 15.0 Å². The van der Waals surface area contributed by atoms with Gasteiger partial charge in [-0.1, -0.05) is 0 Å². The van der Waals surface area contributed by atoms with Gasteiger partial charge in [0.2, 0.25) is 0 Å². The summed E-state index contributed by atoms with van der Waals surface area (Å²) in [6.45, 7) is 1.24. The molecule has 0 atom stereocenters. The van der Waals surface area contributed by atoms with Crippen molar-refractivity contribution in [2.24, 2.45) is 5.73 Å². The fourth-order valence-electron chi connectivity index (χ4n) is 2.45. The molecule has 0 saturated carbocycles. The van der Waals surface area contributed by atoms with E-state index in [0.29, 0.717) is 24.6 Å². The van der Waals surface area contributed by atoms with E-state index in [1.807, 2.05) is 24.3 Å². The van der Waals surface area contributed by atoms with Crippen molar-refractivity contribution in [3.63, 3.8) is 0 Å². The van der Waals surface area contributed by atoms with Gasteiger partial charge in [-0.05, 0) is 18.2 Å². The van der Waals surface area contributed by atoms with E-state index in [0.717, 1.165) is 28.0 Å². The van der Waals surface area contributed by atoms with Gasteiger partial charge in [-0.2, -0.15) is 0 Å². The van der Waals surface area contributed by atoms with Crippen molar-refractivity contribution in [2.45, 2.75) is 0 Å². The van der Waals surface area contributed by atoms with Gasteiger partial charge in [0.05, 0.1) is 25.4 Å². The molecule has 0 aliphatic rings. The molecule has 0 bridgehead atoms. The van der Waals surface area contributed by atoms with Crippen molar-refractivity contribution in [1.82, 2.24) is 15.0 Å². The van der Waals surface area contributed by atoms with Gasteiger partial charge in [0.1, 0.15) is 12.1 Å². The van der Waals surface area contributed by atoms with Gasteiger partial charge in [0.15, 0.2) is 11.5 Å². The number of aromatic nitrogens is 3. The molecule has 3 rings (SSSR count). The maximum absolute atomic E-state index is 5.48. The van der Waals surface area contributed by atoms with E-state index in [1.54, 1.807) is 20.4 Å². The third-order valence-corrected chi connectivity index (χ3v) is 3.63. The lowest BCUT2D eigenvalue weighted by Gasteiger charge is -2.11. The van der Waals surface area contributed by atoms with Crippen molar-refractivity contribution < 1.29 is 9.47 Å². The first kappa shape index (κ1) is 15.9. The molecule has 0 aliphatic heterocycles. The zero-order chi connectivity index (χ0) is 16.9. The largest absolute Gasteiger partial charge is 0.493 e. The normalized spacial score (nSPS) is 10.6. The average Bonchev–Trinajstić information content (AvgIpc) is 2.65. The summed E-state index contributed by atoms with van der Waals surface area (Å²) in [5, 5.41) is 4.01. The molecule has 2 aromatic heterocycles. The molecule has 124 valence electrons. The first-order valence-corrected chi connectivity index (χ1v) is 7.54. The Labute approximate surface area is 139 Å². The minimum atomic E-state index is 0.557. The minimum Gasteiger partial charge on any atom is -0.493 e. The number of ether oxygens (including phenoxy) is 2. The van der Waals surface area contributed by atoms with Crippen molar-refractivity contribution in [3.8, 4) is 22.8 Å². The second-order valence-electron chi connectivity index (χ2n) is 5.09. The summed E-state index contributed by atoms with van der Waals surface area (Å²) in [5.74, 6) is 2.05. The second-order valence-corrected chi connectivity index (χ2v) is 5.09. The van der Waals surface area contributed by atoms with E-state index >= 15 is 0 Å². The summed E-state index contributed by atoms with van der Waals surface area (Å²) in [7, 11) is 3.20. The summed E-state index contributed by atoms with van der Waals surface area (Å²) in [6, 6.07) is 7.58. The van der Waals surface area contributed by atoms with Crippen LogP contribution in [0.3, 0.4) is 0 Å². The van der Waals surface area contributed by atoms with Crippen LogP contribution in [0.4, 0.5) is 5.82 Å². The SMILES string of the molecule is COc1cc2ncnc(-c3ccc(NCCN)nc3)c2cc1OC. The molecule has 2 heterocycles. The number of nitrogens with zero attached hydrogens (tertiary/aromatic N) is 3. The Kier molecular flexibility index (Phi) is 4.72. The zero-order valence-corrected chi connectivity index (χ0v) is 13.6. The van der Waals surface area contributed by atoms with Gasteiger partial charge in [-0.15, -0.1) is 0 Å². The monoisotopic (exact) mass is 325 g/mol. The molecule has 3 N–H and O–H groups in total. The molecule has 7 heteroatoms. The Morgan fingerprint density at radius 1 is 1.04 bits per heavy atom. The van der Waals surface area contributed by atoms with E-state index in [4.69, 9.17) is 15.2 Å². The van der Waals surface area contributed by atoms with E-state index < -0.39 is 0 Å². The summed E-state index contributed by atoms with van der Waals surface area (Å²) in [4.78, 5) is 13.1. The summed E-state index contributed by atoms with van der Waals surface area (Å²) >= 11 is 0. The summed E-state index contributed by atoms with van der Waals surface area (Å²) in [5.41, 5.74) is 7.95. The fourth-order valence-corrected chi connectivity index (χ4v) is 2.45. The zero-order valence-electron chi connectivity index (χ0n) is 13.6.